The van der Waals surface area contributed by atoms with Crippen molar-refractivity contribution in [3.05, 3.63) is 59.9 Å². The topological polar surface area (TPSA) is 87.3 Å². The molecule has 2 aromatic carbocycles. The van der Waals surface area contributed by atoms with Crippen molar-refractivity contribution in [2.45, 2.75) is 17.6 Å². The van der Waals surface area contributed by atoms with Crippen molar-refractivity contribution in [2.75, 3.05) is 5.32 Å². The second-order valence-electron chi connectivity index (χ2n) is 5.04. The molecule has 8 heteroatoms. The van der Waals surface area contributed by atoms with E-state index in [0.29, 0.717) is 0 Å². The lowest BCUT2D eigenvalue weighted by atomic mass is 10.2. The highest BCUT2D eigenvalue weighted by Crippen LogP contribution is 2.26. The van der Waals surface area contributed by atoms with E-state index in [4.69, 9.17) is 0 Å². The van der Waals surface area contributed by atoms with Crippen molar-refractivity contribution in [2.24, 2.45) is 0 Å². The van der Waals surface area contributed by atoms with Gasteiger partial charge in [0.15, 0.2) is 6.17 Å². The molecule has 0 spiro atoms. The van der Waals surface area contributed by atoms with Crippen molar-refractivity contribution < 1.29 is 17.6 Å². The quantitative estimate of drug-likeness (QED) is 0.786. The first-order valence-electron chi connectivity index (χ1n) is 6.86. The Morgan fingerprint density at radius 1 is 1.17 bits per heavy atom. The van der Waals surface area contributed by atoms with Crippen LogP contribution in [-0.2, 0) is 21.4 Å². The zero-order chi connectivity index (χ0) is 16.4. The molecule has 1 amide bonds. The van der Waals surface area contributed by atoms with Crippen LogP contribution in [0.4, 0.5) is 10.1 Å². The van der Waals surface area contributed by atoms with E-state index >= 15 is 0 Å². The van der Waals surface area contributed by atoms with Crippen molar-refractivity contribution in [3.8, 4) is 0 Å². The summed E-state index contributed by atoms with van der Waals surface area (Å²) in [5.74, 6) is -1.14. The summed E-state index contributed by atoms with van der Waals surface area (Å²) >= 11 is 0. The lowest BCUT2D eigenvalue weighted by Gasteiger charge is -2.27. The standard InChI is InChI=1S/C15H14FN3O3S/c16-11-6-7-13-12(8-11)18-14(19-23(13,21)22)15(20)17-9-10-4-2-1-3-5-10/h1-8,14,18-19H,9H2,(H,17,20)/t14-/m1/s1. The van der Waals surface area contributed by atoms with Crippen molar-refractivity contribution in [3.63, 3.8) is 0 Å². The zero-order valence-electron chi connectivity index (χ0n) is 11.9. The summed E-state index contributed by atoms with van der Waals surface area (Å²) in [4.78, 5) is 12.1. The normalized spacial score (nSPS) is 18.6. The third-order valence-electron chi connectivity index (χ3n) is 3.38. The van der Waals surface area contributed by atoms with Crippen LogP contribution in [-0.4, -0.2) is 20.5 Å². The summed E-state index contributed by atoms with van der Waals surface area (Å²) in [6.07, 6.45) is -1.20. The molecule has 1 heterocycles. The molecule has 0 unspecified atom stereocenters. The van der Waals surface area contributed by atoms with Gasteiger partial charge in [0, 0.05) is 6.54 Å². The molecule has 1 aliphatic rings. The molecule has 23 heavy (non-hydrogen) atoms. The summed E-state index contributed by atoms with van der Waals surface area (Å²) in [7, 11) is -3.88. The third-order valence-corrected chi connectivity index (χ3v) is 4.86. The Labute approximate surface area is 132 Å². The number of hydrogen-bond donors (Lipinski definition) is 3. The number of nitrogens with one attached hydrogen (secondary N) is 3. The lowest BCUT2D eigenvalue weighted by molar-refractivity contribution is -0.122. The zero-order valence-corrected chi connectivity index (χ0v) is 12.7. The second kappa shape index (κ2) is 5.98. The van der Waals surface area contributed by atoms with Gasteiger partial charge < -0.3 is 10.6 Å². The number of halogens is 1. The van der Waals surface area contributed by atoms with Gasteiger partial charge in [0.25, 0.3) is 5.91 Å². The van der Waals surface area contributed by atoms with E-state index in [9.17, 15) is 17.6 Å². The van der Waals surface area contributed by atoms with E-state index in [-0.39, 0.29) is 17.1 Å². The lowest BCUT2D eigenvalue weighted by Crippen LogP contribution is -2.53. The molecule has 1 aliphatic heterocycles. The van der Waals surface area contributed by atoms with Crippen LogP contribution in [0.15, 0.2) is 53.4 Å². The number of sulfonamides is 1. The summed E-state index contributed by atoms with van der Waals surface area (Å²) in [5, 5.41) is 5.32. The van der Waals surface area contributed by atoms with Gasteiger partial charge in [-0.25, -0.2) is 12.8 Å². The van der Waals surface area contributed by atoms with Crippen LogP contribution in [0, 0.1) is 5.82 Å². The number of carbonyl (C=O) groups excluding carboxylic acids is 1. The van der Waals surface area contributed by atoms with Crippen LogP contribution in [0.25, 0.3) is 0 Å². The smallest absolute Gasteiger partial charge is 0.258 e. The Hall–Kier alpha value is -2.45. The number of fused-ring (bicyclic) bond motifs is 1. The fourth-order valence-corrected chi connectivity index (χ4v) is 3.52. The average Bonchev–Trinajstić information content (AvgIpc) is 2.52. The molecule has 3 N–H and O–H groups in total. The first kappa shape index (κ1) is 15.4. The van der Waals surface area contributed by atoms with Gasteiger partial charge in [-0.05, 0) is 23.8 Å². The van der Waals surface area contributed by atoms with Gasteiger partial charge in [0.2, 0.25) is 10.0 Å². The molecule has 1 atom stereocenters. The Bertz CT molecular complexity index is 840. The van der Waals surface area contributed by atoms with Gasteiger partial charge >= 0.3 is 0 Å². The molecule has 120 valence electrons. The van der Waals surface area contributed by atoms with Gasteiger partial charge in [0.05, 0.1) is 5.69 Å². The number of hydrogen-bond acceptors (Lipinski definition) is 4. The van der Waals surface area contributed by atoms with E-state index in [0.717, 1.165) is 23.8 Å². The maximum atomic E-state index is 13.3. The molecule has 0 aliphatic carbocycles. The number of carbonyl (C=O) groups is 1. The summed E-state index contributed by atoms with van der Waals surface area (Å²) in [6.45, 7) is 0.260. The largest absolute Gasteiger partial charge is 0.360 e. The predicted octanol–water partition coefficient (Wildman–Crippen LogP) is 1.17. The van der Waals surface area contributed by atoms with E-state index in [1.807, 2.05) is 30.3 Å². The summed E-state index contributed by atoms with van der Waals surface area (Å²) in [6, 6.07) is 12.4. The molecule has 0 fully saturated rings. The first-order valence-corrected chi connectivity index (χ1v) is 8.34. The van der Waals surface area contributed by atoms with E-state index in [2.05, 4.69) is 15.4 Å². The fraction of sp³-hybridized carbons (Fsp3) is 0.133. The molecule has 0 aromatic heterocycles. The highest BCUT2D eigenvalue weighted by molar-refractivity contribution is 7.89. The Balaban J connectivity index is 1.75. The Kier molecular flexibility index (Phi) is 4.01. The van der Waals surface area contributed by atoms with Crippen molar-refractivity contribution in [1.29, 1.82) is 0 Å². The first-order chi connectivity index (χ1) is 11.0. The maximum absolute atomic E-state index is 13.3. The van der Waals surface area contributed by atoms with Crippen molar-refractivity contribution in [1.82, 2.24) is 10.0 Å². The van der Waals surface area contributed by atoms with Crippen molar-refractivity contribution >= 4 is 21.6 Å². The molecule has 0 bridgehead atoms. The van der Waals surface area contributed by atoms with E-state index < -0.39 is 27.9 Å². The molecule has 3 rings (SSSR count). The SMILES string of the molecule is O=C(NCc1ccccc1)[C@@H]1Nc2cc(F)ccc2S(=O)(=O)N1. The molecular formula is C15H14FN3O3S. The number of amides is 1. The number of rotatable bonds is 3. The van der Waals surface area contributed by atoms with E-state index in [1.165, 1.54) is 0 Å². The highest BCUT2D eigenvalue weighted by atomic mass is 32.2. The van der Waals surface area contributed by atoms with Crippen LogP contribution < -0.4 is 15.4 Å². The van der Waals surface area contributed by atoms with Gasteiger partial charge in [-0.3, -0.25) is 4.79 Å². The number of anilines is 1. The van der Waals surface area contributed by atoms with Crippen LogP contribution in [0.3, 0.4) is 0 Å². The van der Waals surface area contributed by atoms with Gasteiger partial charge in [0.1, 0.15) is 10.7 Å². The van der Waals surface area contributed by atoms with Crippen LogP contribution in [0.1, 0.15) is 5.56 Å². The fourth-order valence-electron chi connectivity index (χ4n) is 2.26. The second-order valence-corrected chi connectivity index (χ2v) is 6.72. The summed E-state index contributed by atoms with van der Waals surface area (Å²) in [5.41, 5.74) is 0.939. The molecule has 0 saturated carbocycles. The monoisotopic (exact) mass is 335 g/mol. The third kappa shape index (κ3) is 3.33. The minimum Gasteiger partial charge on any atom is -0.360 e. The Morgan fingerprint density at radius 3 is 2.65 bits per heavy atom. The Morgan fingerprint density at radius 2 is 1.91 bits per heavy atom. The number of benzene rings is 2. The van der Waals surface area contributed by atoms with Crippen LogP contribution >= 0.6 is 0 Å². The van der Waals surface area contributed by atoms with Crippen LogP contribution in [0.2, 0.25) is 0 Å². The van der Waals surface area contributed by atoms with Crippen LogP contribution in [0.5, 0.6) is 0 Å². The average molecular weight is 335 g/mol. The minimum atomic E-state index is -3.88. The molecule has 2 aromatic rings. The molecular weight excluding hydrogens is 321 g/mol. The molecule has 0 radical (unpaired) electrons. The van der Waals surface area contributed by atoms with Gasteiger partial charge in [-0.1, -0.05) is 30.3 Å². The summed E-state index contributed by atoms with van der Waals surface area (Å²) < 4.78 is 39.8. The van der Waals surface area contributed by atoms with Gasteiger partial charge in [-0.15, -0.1) is 0 Å². The predicted molar refractivity (Wildman–Crippen MR) is 82.4 cm³/mol. The maximum Gasteiger partial charge on any atom is 0.258 e. The molecule has 0 saturated heterocycles. The van der Waals surface area contributed by atoms with Gasteiger partial charge in [-0.2, -0.15) is 4.72 Å². The molecule has 6 nitrogen and oxygen atoms in total. The minimum absolute atomic E-state index is 0.0589. The highest BCUT2D eigenvalue weighted by Gasteiger charge is 2.33. The van der Waals surface area contributed by atoms with E-state index in [1.54, 1.807) is 0 Å².